The Kier molecular flexibility index (Phi) is 3.86. The average molecular weight is 287 g/mol. The third-order valence-corrected chi connectivity index (χ3v) is 3.84. The lowest BCUT2D eigenvalue weighted by molar-refractivity contribution is 0.369. The van der Waals surface area contributed by atoms with Crippen molar-refractivity contribution in [3.8, 4) is 0 Å². The van der Waals surface area contributed by atoms with Gasteiger partial charge in [-0.15, -0.1) is 0 Å². The molecule has 0 aliphatic carbocycles. The lowest BCUT2D eigenvalue weighted by Gasteiger charge is -2.33. The highest BCUT2D eigenvalue weighted by atomic mass is 16.5. The first-order chi connectivity index (χ1) is 10.1. The largest absolute Gasteiger partial charge is 0.356 e. The van der Waals surface area contributed by atoms with E-state index in [9.17, 15) is 0 Å². The van der Waals surface area contributed by atoms with Gasteiger partial charge in [-0.05, 0) is 32.6 Å². The molecule has 0 spiro atoms. The molecule has 1 atom stereocenters. The maximum Gasteiger partial charge on any atom is 0.223 e. The molecule has 0 unspecified atom stereocenters. The van der Waals surface area contributed by atoms with Gasteiger partial charge in [0.15, 0.2) is 5.82 Å². The summed E-state index contributed by atoms with van der Waals surface area (Å²) in [6.45, 7) is 7.83. The van der Waals surface area contributed by atoms with E-state index >= 15 is 0 Å². The monoisotopic (exact) mass is 287 g/mol. The number of aryl methyl sites for hydroxylation is 3. The Morgan fingerprint density at radius 2 is 2.10 bits per heavy atom. The zero-order valence-corrected chi connectivity index (χ0v) is 12.8. The van der Waals surface area contributed by atoms with Gasteiger partial charge in [-0.1, -0.05) is 5.16 Å². The number of anilines is 1. The molecule has 0 saturated carbocycles. The Morgan fingerprint density at radius 1 is 1.24 bits per heavy atom. The minimum Gasteiger partial charge on any atom is -0.356 e. The van der Waals surface area contributed by atoms with Crippen molar-refractivity contribution in [2.24, 2.45) is 5.92 Å². The van der Waals surface area contributed by atoms with Crippen molar-refractivity contribution in [1.82, 2.24) is 20.1 Å². The number of hydrogen-bond donors (Lipinski definition) is 0. The van der Waals surface area contributed by atoms with Crippen molar-refractivity contribution in [1.29, 1.82) is 0 Å². The van der Waals surface area contributed by atoms with Gasteiger partial charge in [0.05, 0.1) is 0 Å². The molecule has 1 saturated heterocycles. The van der Waals surface area contributed by atoms with Crippen LogP contribution >= 0.6 is 0 Å². The lowest BCUT2D eigenvalue weighted by Crippen LogP contribution is -2.37. The average Bonchev–Trinajstić information content (AvgIpc) is 2.83. The first-order valence-electron chi connectivity index (χ1n) is 7.46. The molecule has 1 aliphatic rings. The van der Waals surface area contributed by atoms with Gasteiger partial charge in [-0.2, -0.15) is 4.98 Å². The molecule has 0 radical (unpaired) electrons. The molecule has 3 heterocycles. The SMILES string of the molecule is Cc1cc(N2CCC[C@H](Cc3noc(C)n3)C2)nc(C)n1. The second-order valence-corrected chi connectivity index (χ2v) is 5.80. The number of aromatic nitrogens is 4. The van der Waals surface area contributed by atoms with Crippen molar-refractivity contribution in [2.45, 2.75) is 40.0 Å². The van der Waals surface area contributed by atoms with Crippen LogP contribution in [0.5, 0.6) is 0 Å². The van der Waals surface area contributed by atoms with Crippen LogP contribution in [0.15, 0.2) is 10.6 Å². The van der Waals surface area contributed by atoms with Gasteiger partial charge >= 0.3 is 0 Å². The third-order valence-electron chi connectivity index (χ3n) is 3.84. The molecule has 6 heteroatoms. The molecule has 0 aromatic carbocycles. The molecule has 0 bridgehead atoms. The molecule has 3 rings (SSSR count). The standard InChI is InChI=1S/C15H21N5O/c1-10-7-15(17-11(2)16-10)20-6-4-5-13(9-20)8-14-18-12(3)21-19-14/h7,13H,4-6,8-9H2,1-3H3/t13-/m1/s1. The minimum atomic E-state index is 0.548. The van der Waals surface area contributed by atoms with Crippen LogP contribution in [-0.2, 0) is 6.42 Å². The van der Waals surface area contributed by atoms with E-state index in [2.05, 4.69) is 31.1 Å². The summed E-state index contributed by atoms with van der Waals surface area (Å²) < 4.78 is 5.05. The zero-order valence-electron chi connectivity index (χ0n) is 12.8. The van der Waals surface area contributed by atoms with E-state index in [1.807, 2.05) is 20.8 Å². The fourth-order valence-electron chi connectivity index (χ4n) is 2.98. The fourth-order valence-corrected chi connectivity index (χ4v) is 2.98. The second-order valence-electron chi connectivity index (χ2n) is 5.80. The molecular formula is C15H21N5O. The molecule has 1 fully saturated rings. The summed E-state index contributed by atoms with van der Waals surface area (Å²) in [5.41, 5.74) is 1.02. The van der Waals surface area contributed by atoms with Crippen LogP contribution in [0.25, 0.3) is 0 Å². The van der Waals surface area contributed by atoms with E-state index in [1.54, 1.807) is 0 Å². The van der Waals surface area contributed by atoms with Gasteiger partial charge in [0.2, 0.25) is 5.89 Å². The molecule has 0 amide bonds. The maximum absolute atomic E-state index is 5.05. The number of nitrogens with zero attached hydrogens (tertiary/aromatic N) is 5. The summed E-state index contributed by atoms with van der Waals surface area (Å²) in [4.78, 5) is 15.6. The fraction of sp³-hybridized carbons (Fsp3) is 0.600. The van der Waals surface area contributed by atoms with E-state index in [-0.39, 0.29) is 0 Å². The maximum atomic E-state index is 5.05. The van der Waals surface area contributed by atoms with Crippen LogP contribution in [0.1, 0.15) is 36.1 Å². The summed E-state index contributed by atoms with van der Waals surface area (Å²) in [5.74, 6) is 3.87. The van der Waals surface area contributed by atoms with E-state index in [0.717, 1.165) is 42.7 Å². The molecular weight excluding hydrogens is 266 g/mol. The van der Waals surface area contributed by atoms with Crippen LogP contribution in [0.2, 0.25) is 0 Å². The molecule has 0 N–H and O–H groups in total. The van der Waals surface area contributed by atoms with E-state index in [1.165, 1.54) is 12.8 Å². The van der Waals surface area contributed by atoms with Gasteiger partial charge in [0.1, 0.15) is 11.6 Å². The molecule has 2 aromatic heterocycles. The zero-order chi connectivity index (χ0) is 14.8. The smallest absolute Gasteiger partial charge is 0.223 e. The van der Waals surface area contributed by atoms with Gasteiger partial charge in [-0.3, -0.25) is 0 Å². The molecule has 6 nitrogen and oxygen atoms in total. The minimum absolute atomic E-state index is 0.548. The predicted octanol–water partition coefficient (Wildman–Crippen LogP) is 2.24. The summed E-state index contributed by atoms with van der Waals surface area (Å²) in [6.07, 6.45) is 3.24. The Balaban J connectivity index is 1.70. The summed E-state index contributed by atoms with van der Waals surface area (Å²) in [5, 5.41) is 4.01. The highest BCUT2D eigenvalue weighted by molar-refractivity contribution is 5.40. The Bertz CT molecular complexity index is 604. The van der Waals surface area contributed by atoms with Crippen LogP contribution in [0, 0.1) is 26.7 Å². The Labute approximate surface area is 124 Å². The van der Waals surface area contributed by atoms with Crippen molar-refractivity contribution in [3.05, 3.63) is 29.3 Å². The van der Waals surface area contributed by atoms with Crippen molar-refractivity contribution in [2.75, 3.05) is 18.0 Å². The van der Waals surface area contributed by atoms with Crippen molar-refractivity contribution >= 4 is 5.82 Å². The topological polar surface area (TPSA) is 67.9 Å². The highest BCUT2D eigenvalue weighted by Crippen LogP contribution is 2.24. The Hall–Kier alpha value is -1.98. The van der Waals surface area contributed by atoms with Crippen LogP contribution in [0.4, 0.5) is 5.82 Å². The third kappa shape index (κ3) is 3.37. The first-order valence-corrected chi connectivity index (χ1v) is 7.46. The van der Waals surface area contributed by atoms with Crippen molar-refractivity contribution < 1.29 is 4.52 Å². The normalized spacial score (nSPS) is 19.0. The molecule has 112 valence electrons. The number of piperidine rings is 1. The van der Waals surface area contributed by atoms with Gasteiger partial charge in [0, 0.05) is 38.2 Å². The predicted molar refractivity (Wildman–Crippen MR) is 79.2 cm³/mol. The van der Waals surface area contributed by atoms with Crippen molar-refractivity contribution in [3.63, 3.8) is 0 Å². The molecule has 21 heavy (non-hydrogen) atoms. The van der Waals surface area contributed by atoms with E-state index < -0.39 is 0 Å². The van der Waals surface area contributed by atoms with Gasteiger partial charge in [0.25, 0.3) is 0 Å². The van der Waals surface area contributed by atoms with Gasteiger partial charge < -0.3 is 9.42 Å². The van der Waals surface area contributed by atoms with Gasteiger partial charge in [-0.25, -0.2) is 9.97 Å². The van der Waals surface area contributed by atoms with Crippen LogP contribution in [-0.4, -0.2) is 33.2 Å². The van der Waals surface area contributed by atoms with Crippen LogP contribution in [0.3, 0.4) is 0 Å². The Morgan fingerprint density at radius 3 is 2.81 bits per heavy atom. The second kappa shape index (κ2) is 5.79. The van der Waals surface area contributed by atoms with E-state index in [4.69, 9.17) is 4.52 Å². The number of hydrogen-bond acceptors (Lipinski definition) is 6. The summed E-state index contributed by atoms with van der Waals surface area (Å²) in [7, 11) is 0. The molecule has 1 aliphatic heterocycles. The lowest BCUT2D eigenvalue weighted by atomic mass is 9.94. The first kappa shape index (κ1) is 14.0. The van der Waals surface area contributed by atoms with E-state index in [0.29, 0.717) is 11.8 Å². The quantitative estimate of drug-likeness (QED) is 0.862. The summed E-state index contributed by atoms with van der Waals surface area (Å²) >= 11 is 0. The number of rotatable bonds is 3. The van der Waals surface area contributed by atoms with Crippen LogP contribution < -0.4 is 4.90 Å². The highest BCUT2D eigenvalue weighted by Gasteiger charge is 2.23. The molecule has 2 aromatic rings. The summed E-state index contributed by atoms with van der Waals surface area (Å²) in [6, 6.07) is 2.06.